The van der Waals surface area contributed by atoms with Crippen LogP contribution in [-0.4, -0.2) is 10.8 Å². The largest absolute Gasteiger partial charge is 0.299 e. The number of hydrogen-bond acceptors (Lipinski definition) is 2. The molecule has 1 aliphatic rings. The maximum absolute atomic E-state index is 12.0. The molecule has 0 bridgehead atoms. The third kappa shape index (κ3) is 3.14. The SMILES string of the molecule is O=C(Cc1ccc(Br)cn1)C1CCCCC1. The number of carbonyl (C=O) groups is 1. The summed E-state index contributed by atoms with van der Waals surface area (Å²) in [6.07, 6.45) is 8.13. The predicted octanol–water partition coefficient (Wildman–Crippen LogP) is 3.54. The molecule has 16 heavy (non-hydrogen) atoms. The molecule has 1 aliphatic carbocycles. The Labute approximate surface area is 105 Å². The predicted molar refractivity (Wildman–Crippen MR) is 67.2 cm³/mol. The topological polar surface area (TPSA) is 30.0 Å². The minimum absolute atomic E-state index is 0.291. The van der Waals surface area contributed by atoms with E-state index < -0.39 is 0 Å². The van der Waals surface area contributed by atoms with Crippen LogP contribution in [0.2, 0.25) is 0 Å². The van der Waals surface area contributed by atoms with Crippen LogP contribution in [0.1, 0.15) is 37.8 Å². The van der Waals surface area contributed by atoms with Gasteiger partial charge < -0.3 is 0 Å². The third-order valence-electron chi connectivity index (χ3n) is 3.20. The fraction of sp³-hybridized carbons (Fsp3) is 0.538. The molecule has 0 unspecified atom stereocenters. The van der Waals surface area contributed by atoms with E-state index in [1.54, 1.807) is 6.20 Å². The molecule has 0 aliphatic heterocycles. The Morgan fingerprint density at radius 1 is 1.31 bits per heavy atom. The number of nitrogens with zero attached hydrogens (tertiary/aromatic N) is 1. The van der Waals surface area contributed by atoms with Crippen LogP contribution in [0, 0.1) is 5.92 Å². The second-order valence-corrected chi connectivity index (χ2v) is 5.36. The standard InChI is InChI=1S/C13H16BrNO/c14-11-6-7-12(15-9-11)8-13(16)10-4-2-1-3-5-10/h6-7,9-10H,1-5,8H2. The Balaban J connectivity index is 1.93. The molecule has 86 valence electrons. The summed E-state index contributed by atoms with van der Waals surface area (Å²) >= 11 is 3.34. The van der Waals surface area contributed by atoms with Gasteiger partial charge in [0.15, 0.2) is 0 Å². The van der Waals surface area contributed by atoms with E-state index in [4.69, 9.17) is 0 Å². The van der Waals surface area contributed by atoms with Crippen LogP contribution in [0.5, 0.6) is 0 Å². The molecule has 0 amide bonds. The fourth-order valence-electron chi connectivity index (χ4n) is 2.26. The molecule has 0 saturated heterocycles. The summed E-state index contributed by atoms with van der Waals surface area (Å²) in [6.45, 7) is 0. The highest BCUT2D eigenvalue weighted by molar-refractivity contribution is 9.10. The van der Waals surface area contributed by atoms with Gasteiger partial charge in [0.25, 0.3) is 0 Å². The van der Waals surface area contributed by atoms with Crippen molar-refractivity contribution < 1.29 is 4.79 Å². The zero-order chi connectivity index (χ0) is 11.4. The van der Waals surface area contributed by atoms with Gasteiger partial charge in [-0.3, -0.25) is 9.78 Å². The molecular formula is C13H16BrNO. The molecule has 0 radical (unpaired) electrons. The van der Waals surface area contributed by atoms with Crippen LogP contribution in [0.15, 0.2) is 22.8 Å². The molecule has 1 saturated carbocycles. The average molecular weight is 282 g/mol. The van der Waals surface area contributed by atoms with Gasteiger partial charge in [0.1, 0.15) is 5.78 Å². The van der Waals surface area contributed by atoms with Gasteiger partial charge in [-0.2, -0.15) is 0 Å². The Kier molecular flexibility index (Phi) is 4.10. The molecule has 1 aromatic heterocycles. The Bertz CT molecular complexity index is 355. The summed E-state index contributed by atoms with van der Waals surface area (Å²) in [6, 6.07) is 3.86. The van der Waals surface area contributed by atoms with Crippen molar-refractivity contribution in [3.63, 3.8) is 0 Å². The van der Waals surface area contributed by atoms with E-state index >= 15 is 0 Å². The number of Topliss-reactive ketones (excluding diaryl/α,β-unsaturated/α-hetero) is 1. The van der Waals surface area contributed by atoms with Crippen molar-refractivity contribution >= 4 is 21.7 Å². The number of ketones is 1. The lowest BCUT2D eigenvalue weighted by atomic mass is 9.85. The van der Waals surface area contributed by atoms with Gasteiger partial charge >= 0.3 is 0 Å². The first kappa shape index (κ1) is 11.8. The molecular weight excluding hydrogens is 266 g/mol. The van der Waals surface area contributed by atoms with E-state index in [1.807, 2.05) is 12.1 Å². The Hall–Kier alpha value is -0.700. The van der Waals surface area contributed by atoms with Crippen molar-refractivity contribution in [1.29, 1.82) is 0 Å². The van der Waals surface area contributed by atoms with E-state index in [-0.39, 0.29) is 0 Å². The van der Waals surface area contributed by atoms with Crippen molar-refractivity contribution in [3.05, 3.63) is 28.5 Å². The fourth-order valence-corrected chi connectivity index (χ4v) is 2.49. The lowest BCUT2D eigenvalue weighted by Crippen LogP contribution is -2.19. The smallest absolute Gasteiger partial charge is 0.141 e. The lowest BCUT2D eigenvalue weighted by molar-refractivity contribution is -0.123. The van der Waals surface area contributed by atoms with Crippen LogP contribution >= 0.6 is 15.9 Å². The molecule has 0 N–H and O–H groups in total. The number of rotatable bonds is 3. The van der Waals surface area contributed by atoms with E-state index in [0.29, 0.717) is 18.1 Å². The molecule has 1 aromatic rings. The number of halogens is 1. The quantitative estimate of drug-likeness (QED) is 0.848. The van der Waals surface area contributed by atoms with Crippen LogP contribution < -0.4 is 0 Å². The summed E-state index contributed by atoms with van der Waals surface area (Å²) in [5.41, 5.74) is 0.888. The van der Waals surface area contributed by atoms with Gasteiger partial charge in [-0.1, -0.05) is 19.3 Å². The minimum atomic E-state index is 0.291. The highest BCUT2D eigenvalue weighted by atomic mass is 79.9. The first-order valence-electron chi connectivity index (χ1n) is 5.89. The second-order valence-electron chi connectivity index (χ2n) is 4.45. The summed E-state index contributed by atoms with van der Waals surface area (Å²) in [5, 5.41) is 0. The molecule has 0 spiro atoms. The van der Waals surface area contributed by atoms with Crippen molar-refractivity contribution in [3.8, 4) is 0 Å². The van der Waals surface area contributed by atoms with Crippen LogP contribution in [0.3, 0.4) is 0 Å². The normalized spacial score (nSPS) is 17.3. The number of hydrogen-bond donors (Lipinski definition) is 0. The molecule has 0 aromatic carbocycles. The number of aromatic nitrogens is 1. The minimum Gasteiger partial charge on any atom is -0.299 e. The maximum Gasteiger partial charge on any atom is 0.141 e. The highest BCUT2D eigenvalue weighted by Crippen LogP contribution is 2.25. The highest BCUT2D eigenvalue weighted by Gasteiger charge is 2.21. The van der Waals surface area contributed by atoms with E-state index in [9.17, 15) is 4.79 Å². The second kappa shape index (κ2) is 5.58. The van der Waals surface area contributed by atoms with Gasteiger partial charge in [-0.25, -0.2) is 0 Å². The number of carbonyl (C=O) groups excluding carboxylic acids is 1. The molecule has 3 heteroatoms. The van der Waals surface area contributed by atoms with Gasteiger partial charge in [0.05, 0.1) is 0 Å². The summed E-state index contributed by atoms with van der Waals surface area (Å²) in [7, 11) is 0. The Morgan fingerprint density at radius 2 is 2.06 bits per heavy atom. The van der Waals surface area contributed by atoms with Crippen molar-refractivity contribution in [2.45, 2.75) is 38.5 Å². The zero-order valence-corrected chi connectivity index (χ0v) is 10.9. The van der Waals surface area contributed by atoms with Gasteiger partial charge in [0.2, 0.25) is 0 Å². The van der Waals surface area contributed by atoms with Crippen LogP contribution in [0.25, 0.3) is 0 Å². The summed E-state index contributed by atoms with van der Waals surface area (Å²) in [5.74, 6) is 0.661. The molecule has 1 fully saturated rings. The molecule has 1 heterocycles. The monoisotopic (exact) mass is 281 g/mol. The first-order chi connectivity index (χ1) is 7.75. The van der Waals surface area contributed by atoms with E-state index in [1.165, 1.54) is 19.3 Å². The van der Waals surface area contributed by atoms with Crippen LogP contribution in [-0.2, 0) is 11.2 Å². The van der Waals surface area contributed by atoms with Gasteiger partial charge in [-0.05, 0) is 40.9 Å². The molecule has 0 atom stereocenters. The van der Waals surface area contributed by atoms with E-state index in [2.05, 4.69) is 20.9 Å². The third-order valence-corrected chi connectivity index (χ3v) is 3.67. The van der Waals surface area contributed by atoms with Crippen molar-refractivity contribution in [2.75, 3.05) is 0 Å². The van der Waals surface area contributed by atoms with Gasteiger partial charge in [0, 0.05) is 28.7 Å². The van der Waals surface area contributed by atoms with Crippen molar-refractivity contribution in [1.82, 2.24) is 4.98 Å². The molecule has 2 rings (SSSR count). The zero-order valence-electron chi connectivity index (χ0n) is 9.29. The van der Waals surface area contributed by atoms with Gasteiger partial charge in [-0.15, -0.1) is 0 Å². The van der Waals surface area contributed by atoms with Crippen molar-refractivity contribution in [2.24, 2.45) is 5.92 Å². The van der Waals surface area contributed by atoms with E-state index in [0.717, 1.165) is 23.0 Å². The Morgan fingerprint density at radius 3 is 2.69 bits per heavy atom. The van der Waals surface area contributed by atoms with Crippen LogP contribution in [0.4, 0.5) is 0 Å². The lowest BCUT2D eigenvalue weighted by Gasteiger charge is -2.19. The summed E-state index contributed by atoms with van der Waals surface area (Å²) in [4.78, 5) is 16.2. The average Bonchev–Trinajstić information content (AvgIpc) is 2.33. The summed E-state index contributed by atoms with van der Waals surface area (Å²) < 4.78 is 0.960. The first-order valence-corrected chi connectivity index (χ1v) is 6.68. The maximum atomic E-state index is 12.0. The molecule has 2 nitrogen and oxygen atoms in total. The number of pyridine rings is 1.